The van der Waals surface area contributed by atoms with E-state index < -0.39 is 0 Å². The Bertz CT molecular complexity index is 489. The maximum Gasteiger partial charge on any atom is 0.323 e. The van der Waals surface area contributed by atoms with E-state index in [2.05, 4.69) is 4.90 Å². The molecule has 6 heteroatoms. The number of cyclic esters (lactones) is 1. The lowest BCUT2D eigenvalue weighted by Gasteiger charge is -2.36. The maximum atomic E-state index is 12.5. The van der Waals surface area contributed by atoms with Crippen LogP contribution in [0.25, 0.3) is 0 Å². The fourth-order valence-electron chi connectivity index (χ4n) is 4.24. The molecule has 6 nitrogen and oxygen atoms in total. The van der Waals surface area contributed by atoms with Crippen molar-refractivity contribution >= 4 is 11.9 Å². The average Bonchev–Trinajstić information content (AvgIpc) is 2.84. The van der Waals surface area contributed by atoms with Gasteiger partial charge in [0.05, 0.1) is 32.5 Å². The summed E-state index contributed by atoms with van der Waals surface area (Å²) in [6.07, 6.45) is 4.29. The molecule has 0 amide bonds. The minimum Gasteiger partial charge on any atom is -0.504 e. The zero-order valence-corrected chi connectivity index (χ0v) is 13.1. The van der Waals surface area contributed by atoms with Gasteiger partial charge in [0.15, 0.2) is 0 Å². The number of carbonyl (C=O) groups excluding carboxylic acids is 2. The Morgan fingerprint density at radius 3 is 3.00 bits per heavy atom. The summed E-state index contributed by atoms with van der Waals surface area (Å²) in [5.74, 6) is -0.738. The number of esters is 2. The summed E-state index contributed by atoms with van der Waals surface area (Å²) in [5, 5.41) is 0. The Morgan fingerprint density at radius 1 is 1.45 bits per heavy atom. The highest BCUT2D eigenvalue weighted by Crippen LogP contribution is 2.46. The Hall–Kier alpha value is -1.56. The molecule has 22 heavy (non-hydrogen) atoms. The lowest BCUT2D eigenvalue weighted by atomic mass is 9.81. The third-order valence-electron chi connectivity index (χ3n) is 4.95. The highest BCUT2D eigenvalue weighted by molar-refractivity contribution is 5.82. The molecule has 0 N–H and O–H groups in total. The predicted octanol–water partition coefficient (Wildman–Crippen LogP) is 1.11. The van der Waals surface area contributed by atoms with Crippen LogP contribution in [-0.2, 0) is 23.8 Å². The SMILES string of the molecule is CCOC(=O)[C@@H]1[C@H]2CCOC(=O)[C@H]2N2CCC/C(=C\OC)[C@H]12. The van der Waals surface area contributed by atoms with E-state index in [-0.39, 0.29) is 35.9 Å². The van der Waals surface area contributed by atoms with Crippen LogP contribution in [0.1, 0.15) is 26.2 Å². The topological polar surface area (TPSA) is 65.1 Å². The first-order valence-corrected chi connectivity index (χ1v) is 7.99. The molecule has 0 aromatic rings. The fourth-order valence-corrected chi connectivity index (χ4v) is 4.24. The molecule has 0 spiro atoms. The maximum absolute atomic E-state index is 12.5. The second-order valence-corrected chi connectivity index (χ2v) is 6.06. The van der Waals surface area contributed by atoms with E-state index in [1.54, 1.807) is 13.4 Å². The molecular weight excluding hydrogens is 286 g/mol. The molecule has 122 valence electrons. The van der Waals surface area contributed by atoms with E-state index >= 15 is 0 Å². The summed E-state index contributed by atoms with van der Waals surface area (Å²) in [5.41, 5.74) is 1.08. The van der Waals surface area contributed by atoms with Crippen molar-refractivity contribution < 1.29 is 23.8 Å². The molecule has 0 aromatic carbocycles. The summed E-state index contributed by atoms with van der Waals surface area (Å²) >= 11 is 0. The van der Waals surface area contributed by atoms with Gasteiger partial charge in [0, 0.05) is 12.0 Å². The van der Waals surface area contributed by atoms with Gasteiger partial charge in [0.1, 0.15) is 6.04 Å². The van der Waals surface area contributed by atoms with Crippen molar-refractivity contribution in [2.24, 2.45) is 11.8 Å². The number of ether oxygens (including phenoxy) is 3. The number of piperidine rings is 1. The van der Waals surface area contributed by atoms with Crippen molar-refractivity contribution in [3.8, 4) is 0 Å². The first-order valence-electron chi connectivity index (χ1n) is 7.99. The summed E-state index contributed by atoms with van der Waals surface area (Å²) in [6.45, 7) is 3.36. The van der Waals surface area contributed by atoms with Crippen molar-refractivity contribution in [1.82, 2.24) is 4.90 Å². The number of nitrogens with zero attached hydrogens (tertiary/aromatic N) is 1. The minimum absolute atomic E-state index is 0.0244. The molecule has 0 saturated carbocycles. The Balaban J connectivity index is 1.98. The Morgan fingerprint density at radius 2 is 2.27 bits per heavy atom. The van der Waals surface area contributed by atoms with Gasteiger partial charge in [0.2, 0.25) is 0 Å². The minimum atomic E-state index is -0.325. The van der Waals surface area contributed by atoms with E-state index in [4.69, 9.17) is 14.2 Å². The van der Waals surface area contributed by atoms with Gasteiger partial charge < -0.3 is 14.2 Å². The number of hydrogen-bond acceptors (Lipinski definition) is 6. The summed E-state index contributed by atoms with van der Waals surface area (Å²) in [6, 6.07) is -0.429. The van der Waals surface area contributed by atoms with Crippen molar-refractivity contribution in [2.75, 3.05) is 26.9 Å². The predicted molar refractivity (Wildman–Crippen MR) is 77.8 cm³/mol. The molecule has 3 rings (SSSR count). The Labute approximate surface area is 130 Å². The number of rotatable bonds is 3. The van der Waals surface area contributed by atoms with E-state index in [1.165, 1.54) is 0 Å². The van der Waals surface area contributed by atoms with Crippen LogP contribution in [0.5, 0.6) is 0 Å². The second-order valence-electron chi connectivity index (χ2n) is 6.06. The molecule has 3 fully saturated rings. The number of carbonyl (C=O) groups is 2. The average molecular weight is 309 g/mol. The largest absolute Gasteiger partial charge is 0.504 e. The van der Waals surface area contributed by atoms with Gasteiger partial charge in [-0.2, -0.15) is 0 Å². The van der Waals surface area contributed by atoms with Crippen LogP contribution in [0.15, 0.2) is 11.8 Å². The number of hydrogen-bond donors (Lipinski definition) is 0. The Kier molecular flexibility index (Phi) is 4.38. The van der Waals surface area contributed by atoms with E-state index in [9.17, 15) is 9.59 Å². The van der Waals surface area contributed by atoms with Gasteiger partial charge in [0.25, 0.3) is 0 Å². The molecule has 3 aliphatic heterocycles. The molecule has 3 heterocycles. The van der Waals surface area contributed by atoms with Crippen LogP contribution in [0.3, 0.4) is 0 Å². The third-order valence-corrected chi connectivity index (χ3v) is 4.95. The molecule has 3 aliphatic rings. The summed E-state index contributed by atoms with van der Waals surface area (Å²) < 4.78 is 15.7. The molecule has 4 atom stereocenters. The van der Waals surface area contributed by atoms with Crippen LogP contribution in [0, 0.1) is 11.8 Å². The van der Waals surface area contributed by atoms with Crippen LogP contribution >= 0.6 is 0 Å². The zero-order chi connectivity index (χ0) is 15.7. The summed E-state index contributed by atoms with van der Waals surface area (Å²) in [4.78, 5) is 26.9. The van der Waals surface area contributed by atoms with Gasteiger partial charge in [-0.3, -0.25) is 14.5 Å². The van der Waals surface area contributed by atoms with Crippen LogP contribution in [0.2, 0.25) is 0 Å². The second kappa shape index (κ2) is 6.28. The van der Waals surface area contributed by atoms with Crippen LogP contribution in [-0.4, -0.2) is 55.8 Å². The van der Waals surface area contributed by atoms with Gasteiger partial charge in [-0.25, -0.2) is 0 Å². The fraction of sp³-hybridized carbons (Fsp3) is 0.750. The smallest absolute Gasteiger partial charge is 0.323 e. The van der Waals surface area contributed by atoms with Crippen molar-refractivity contribution in [3.63, 3.8) is 0 Å². The standard InChI is InChI=1S/C16H23NO5/c1-3-21-15(18)12-11-6-8-22-16(19)14(11)17-7-4-5-10(9-20-2)13(12)17/h9,11-14H,3-8H2,1-2H3/b10-9+/t11-,12-,13-,14+/m1/s1. The van der Waals surface area contributed by atoms with E-state index in [0.717, 1.165) is 25.0 Å². The zero-order valence-electron chi connectivity index (χ0n) is 13.1. The van der Waals surface area contributed by atoms with Gasteiger partial charge in [-0.05, 0) is 38.3 Å². The van der Waals surface area contributed by atoms with Gasteiger partial charge in [-0.15, -0.1) is 0 Å². The van der Waals surface area contributed by atoms with Crippen LogP contribution < -0.4 is 0 Å². The number of fused-ring (bicyclic) bond motifs is 3. The molecule has 0 radical (unpaired) electrons. The molecule has 0 bridgehead atoms. The van der Waals surface area contributed by atoms with Crippen molar-refractivity contribution in [2.45, 2.75) is 38.3 Å². The third kappa shape index (κ3) is 2.39. The first kappa shape index (κ1) is 15.3. The van der Waals surface area contributed by atoms with Crippen molar-refractivity contribution in [3.05, 3.63) is 11.8 Å². The van der Waals surface area contributed by atoms with Gasteiger partial charge >= 0.3 is 11.9 Å². The normalized spacial score (nSPS) is 36.5. The lowest BCUT2D eigenvalue weighted by molar-refractivity contribution is -0.157. The quantitative estimate of drug-likeness (QED) is 0.575. The highest BCUT2D eigenvalue weighted by atomic mass is 16.5. The molecule has 0 aliphatic carbocycles. The van der Waals surface area contributed by atoms with Gasteiger partial charge in [-0.1, -0.05) is 0 Å². The van der Waals surface area contributed by atoms with Crippen molar-refractivity contribution in [1.29, 1.82) is 0 Å². The monoisotopic (exact) mass is 309 g/mol. The summed E-state index contributed by atoms with van der Waals surface area (Å²) in [7, 11) is 1.61. The highest BCUT2D eigenvalue weighted by Gasteiger charge is 2.58. The lowest BCUT2D eigenvalue weighted by Crippen LogP contribution is -2.48. The van der Waals surface area contributed by atoms with E-state index in [0.29, 0.717) is 19.6 Å². The molecule has 0 aromatic heterocycles. The van der Waals surface area contributed by atoms with E-state index in [1.807, 2.05) is 6.92 Å². The number of methoxy groups -OCH3 is 1. The molecule has 3 saturated heterocycles. The first-order chi connectivity index (χ1) is 10.7. The molecule has 0 unspecified atom stereocenters. The molecular formula is C16H23NO5. The van der Waals surface area contributed by atoms with Crippen LogP contribution in [0.4, 0.5) is 0 Å².